The van der Waals surface area contributed by atoms with E-state index in [2.05, 4.69) is 4.90 Å². The van der Waals surface area contributed by atoms with E-state index in [-0.39, 0.29) is 17.2 Å². The summed E-state index contributed by atoms with van der Waals surface area (Å²) < 4.78 is 12.1. The quantitative estimate of drug-likeness (QED) is 0.603. The zero-order chi connectivity index (χ0) is 24.2. The number of ether oxygens (including phenoxy) is 2. The highest BCUT2D eigenvalue weighted by atomic mass is 35.5. The van der Waals surface area contributed by atoms with Crippen molar-refractivity contribution in [3.63, 3.8) is 0 Å². The van der Waals surface area contributed by atoms with E-state index in [1.54, 1.807) is 9.47 Å². The van der Waals surface area contributed by atoms with Crippen molar-refractivity contribution in [2.45, 2.75) is 44.8 Å². The van der Waals surface area contributed by atoms with Crippen LogP contribution in [0.5, 0.6) is 5.75 Å². The summed E-state index contributed by atoms with van der Waals surface area (Å²) in [7, 11) is 2.79. The molecule has 9 heteroatoms. The number of methoxy groups -OCH3 is 2. The van der Waals surface area contributed by atoms with E-state index >= 15 is 0 Å². The second kappa shape index (κ2) is 10.6. The first kappa shape index (κ1) is 24.3. The van der Waals surface area contributed by atoms with Gasteiger partial charge in [0.15, 0.2) is 0 Å². The van der Waals surface area contributed by atoms with Crippen molar-refractivity contribution in [1.82, 2.24) is 14.4 Å². The van der Waals surface area contributed by atoms with Crippen LogP contribution in [0.25, 0.3) is 0 Å². The number of likely N-dealkylation sites (tertiary alicyclic amines) is 1. The van der Waals surface area contributed by atoms with Crippen LogP contribution in [-0.4, -0.2) is 66.1 Å². The van der Waals surface area contributed by atoms with Gasteiger partial charge in [-0.05, 0) is 30.9 Å². The van der Waals surface area contributed by atoms with E-state index in [9.17, 15) is 14.4 Å². The Bertz CT molecular complexity index is 1130. The number of rotatable bonds is 5. The number of hydrogen-bond donors (Lipinski definition) is 0. The maximum atomic E-state index is 13.8. The zero-order valence-electron chi connectivity index (χ0n) is 19.6. The molecule has 2 aliphatic heterocycles. The topological polar surface area (TPSA) is 81.1 Å². The third-order valence-corrected chi connectivity index (χ3v) is 7.08. The smallest absolute Gasteiger partial charge is 0.328 e. The number of aromatic nitrogens is 1. The van der Waals surface area contributed by atoms with Crippen LogP contribution in [0.2, 0.25) is 5.02 Å². The van der Waals surface area contributed by atoms with Crippen LogP contribution in [-0.2, 0) is 29.0 Å². The first-order valence-corrected chi connectivity index (χ1v) is 12.0. The van der Waals surface area contributed by atoms with Gasteiger partial charge in [-0.3, -0.25) is 14.5 Å². The van der Waals surface area contributed by atoms with Crippen molar-refractivity contribution in [2.75, 3.05) is 33.9 Å². The average molecular weight is 488 g/mol. The molecule has 0 bridgehead atoms. The summed E-state index contributed by atoms with van der Waals surface area (Å²) in [5, 5.41) is 0.706. The number of carbonyl (C=O) groups is 2. The fraction of sp³-hybridized carbons (Fsp3) is 0.480. The third-order valence-electron chi connectivity index (χ3n) is 6.71. The van der Waals surface area contributed by atoms with Crippen LogP contribution in [0, 0.1) is 0 Å². The first-order chi connectivity index (χ1) is 16.4. The second-order valence-corrected chi connectivity index (χ2v) is 9.08. The molecule has 2 aliphatic rings. The van der Waals surface area contributed by atoms with Crippen LogP contribution in [0.3, 0.4) is 0 Å². The fourth-order valence-electron chi connectivity index (χ4n) is 4.91. The largest absolute Gasteiger partial charge is 0.496 e. The fourth-order valence-corrected chi connectivity index (χ4v) is 5.11. The van der Waals surface area contributed by atoms with Gasteiger partial charge in [0.1, 0.15) is 17.4 Å². The van der Waals surface area contributed by atoms with Crippen molar-refractivity contribution >= 4 is 23.5 Å². The lowest BCUT2D eigenvalue weighted by atomic mass is 9.99. The predicted octanol–water partition coefficient (Wildman–Crippen LogP) is 2.74. The van der Waals surface area contributed by atoms with Gasteiger partial charge in [0.25, 0.3) is 11.5 Å². The lowest BCUT2D eigenvalue weighted by molar-refractivity contribution is -0.147. The maximum Gasteiger partial charge on any atom is 0.328 e. The van der Waals surface area contributed by atoms with Gasteiger partial charge in [-0.2, -0.15) is 0 Å². The monoisotopic (exact) mass is 487 g/mol. The summed E-state index contributed by atoms with van der Waals surface area (Å²) in [5.74, 6) is -0.470. The maximum absolute atomic E-state index is 13.8. The summed E-state index contributed by atoms with van der Waals surface area (Å²) in [6.07, 6.45) is 2.71. The molecule has 1 aromatic carbocycles. The van der Waals surface area contributed by atoms with Crippen LogP contribution < -0.4 is 10.3 Å². The van der Waals surface area contributed by atoms with Gasteiger partial charge in [0, 0.05) is 55.9 Å². The van der Waals surface area contributed by atoms with E-state index in [0.717, 1.165) is 18.4 Å². The molecule has 1 atom stereocenters. The molecular weight excluding hydrogens is 458 g/mol. The number of amides is 1. The summed E-state index contributed by atoms with van der Waals surface area (Å²) in [5.41, 5.74) is 1.82. The molecule has 0 saturated carbocycles. The summed E-state index contributed by atoms with van der Waals surface area (Å²) in [6, 6.07) is 8.45. The molecule has 1 aromatic heterocycles. The molecule has 182 valence electrons. The van der Waals surface area contributed by atoms with Gasteiger partial charge in [-0.25, -0.2) is 4.79 Å². The van der Waals surface area contributed by atoms with E-state index in [1.165, 1.54) is 20.3 Å². The molecule has 34 heavy (non-hydrogen) atoms. The number of esters is 1. The Labute approximate surface area is 204 Å². The molecule has 0 radical (unpaired) electrons. The highest BCUT2D eigenvalue weighted by molar-refractivity contribution is 6.31. The Balaban J connectivity index is 1.67. The molecule has 1 saturated heterocycles. The highest BCUT2D eigenvalue weighted by Gasteiger charge is 2.36. The third kappa shape index (κ3) is 4.83. The summed E-state index contributed by atoms with van der Waals surface area (Å²) in [4.78, 5) is 42.9. The van der Waals surface area contributed by atoms with Gasteiger partial charge in [-0.1, -0.05) is 29.8 Å². The Morgan fingerprint density at radius 3 is 2.62 bits per heavy atom. The van der Waals surface area contributed by atoms with Crippen LogP contribution in [0.1, 0.15) is 40.9 Å². The number of carbonyl (C=O) groups excluding carboxylic acids is 2. The average Bonchev–Trinajstić information content (AvgIpc) is 3.07. The Kier molecular flexibility index (Phi) is 7.58. The molecule has 2 aromatic rings. The van der Waals surface area contributed by atoms with Gasteiger partial charge in [0.2, 0.25) is 0 Å². The Morgan fingerprint density at radius 2 is 1.88 bits per heavy atom. The molecule has 3 heterocycles. The highest BCUT2D eigenvalue weighted by Crippen LogP contribution is 2.28. The van der Waals surface area contributed by atoms with Crippen molar-refractivity contribution < 1.29 is 19.1 Å². The molecule has 0 N–H and O–H groups in total. The first-order valence-electron chi connectivity index (χ1n) is 11.6. The van der Waals surface area contributed by atoms with Gasteiger partial charge >= 0.3 is 5.97 Å². The van der Waals surface area contributed by atoms with Gasteiger partial charge < -0.3 is 18.9 Å². The minimum Gasteiger partial charge on any atom is -0.496 e. The minimum atomic E-state index is -0.633. The number of pyridine rings is 1. The van der Waals surface area contributed by atoms with E-state index < -0.39 is 12.0 Å². The van der Waals surface area contributed by atoms with Crippen LogP contribution >= 0.6 is 11.6 Å². The van der Waals surface area contributed by atoms with E-state index in [4.69, 9.17) is 21.1 Å². The molecule has 4 rings (SSSR count). The SMILES string of the molecule is COC(=O)[C@H]1CCCCN1C(=O)c1c(OC)cc(=O)n2c1CCN(Cc1ccccc1Cl)CC2. The van der Waals surface area contributed by atoms with Crippen molar-refractivity contribution in [1.29, 1.82) is 0 Å². The van der Waals surface area contributed by atoms with E-state index in [1.807, 2.05) is 24.3 Å². The normalized spacial score (nSPS) is 18.7. The lowest BCUT2D eigenvalue weighted by Gasteiger charge is -2.34. The summed E-state index contributed by atoms with van der Waals surface area (Å²) in [6.45, 7) is 2.85. The molecule has 1 amide bonds. The zero-order valence-corrected chi connectivity index (χ0v) is 20.3. The molecular formula is C25H30ClN3O5. The number of piperidine rings is 1. The molecule has 8 nitrogen and oxygen atoms in total. The number of nitrogens with zero attached hydrogens (tertiary/aromatic N) is 3. The molecule has 0 unspecified atom stereocenters. The molecule has 0 spiro atoms. The van der Waals surface area contributed by atoms with Crippen LogP contribution in [0.15, 0.2) is 35.1 Å². The van der Waals surface area contributed by atoms with Gasteiger partial charge in [0.05, 0.1) is 14.2 Å². The number of halogens is 1. The van der Waals surface area contributed by atoms with E-state index in [0.29, 0.717) is 61.8 Å². The number of benzene rings is 1. The Hall–Kier alpha value is -2.84. The number of hydrogen-bond acceptors (Lipinski definition) is 6. The van der Waals surface area contributed by atoms with Crippen molar-refractivity contribution in [3.05, 3.63) is 62.5 Å². The Morgan fingerprint density at radius 1 is 1.09 bits per heavy atom. The minimum absolute atomic E-state index is 0.203. The predicted molar refractivity (Wildman–Crippen MR) is 128 cm³/mol. The van der Waals surface area contributed by atoms with Gasteiger partial charge in [-0.15, -0.1) is 0 Å². The molecule has 1 fully saturated rings. The van der Waals surface area contributed by atoms with Crippen LogP contribution in [0.4, 0.5) is 0 Å². The van der Waals surface area contributed by atoms with Crippen molar-refractivity contribution in [2.24, 2.45) is 0 Å². The molecule has 0 aliphatic carbocycles. The lowest BCUT2D eigenvalue weighted by Crippen LogP contribution is -2.49. The second-order valence-electron chi connectivity index (χ2n) is 8.68. The number of fused-ring (bicyclic) bond motifs is 1. The van der Waals surface area contributed by atoms with Crippen molar-refractivity contribution in [3.8, 4) is 5.75 Å². The standard InChI is InChI=1S/C25H30ClN3O5/c1-33-21-15-22(30)28-14-13-27(16-17-7-3-4-8-18(17)26)12-10-19(28)23(21)24(31)29-11-6-5-9-20(29)25(32)34-2/h3-4,7-8,15,20H,5-6,9-14,16H2,1-2H3/t20-/m1/s1. The summed E-state index contributed by atoms with van der Waals surface area (Å²) >= 11 is 6.36.